The van der Waals surface area contributed by atoms with Crippen LogP contribution < -0.4 is 5.73 Å². The third-order valence-electron chi connectivity index (χ3n) is 1.74. The lowest BCUT2D eigenvalue weighted by atomic mass is 10.1. The maximum Gasteiger partial charge on any atom is 0.343 e. The SMILES string of the molecule is CC(C)(C)OC(=O)c1c(C=O)ccnc1N. The molecule has 0 saturated heterocycles. The zero-order valence-corrected chi connectivity index (χ0v) is 9.48. The zero-order chi connectivity index (χ0) is 12.3. The van der Waals surface area contributed by atoms with E-state index in [1.807, 2.05) is 0 Å². The summed E-state index contributed by atoms with van der Waals surface area (Å²) in [5.74, 6) is -0.640. The molecule has 0 aromatic carbocycles. The number of esters is 1. The zero-order valence-electron chi connectivity index (χ0n) is 9.48. The van der Waals surface area contributed by atoms with Crippen molar-refractivity contribution in [3.63, 3.8) is 0 Å². The van der Waals surface area contributed by atoms with Crippen molar-refractivity contribution in [3.05, 3.63) is 23.4 Å². The summed E-state index contributed by atoms with van der Waals surface area (Å²) in [6.07, 6.45) is 1.92. The van der Waals surface area contributed by atoms with E-state index in [9.17, 15) is 9.59 Å². The van der Waals surface area contributed by atoms with Crippen molar-refractivity contribution in [1.82, 2.24) is 4.98 Å². The van der Waals surface area contributed by atoms with Crippen molar-refractivity contribution in [2.45, 2.75) is 26.4 Å². The molecule has 1 heterocycles. The average Bonchev–Trinajstić information content (AvgIpc) is 2.14. The van der Waals surface area contributed by atoms with Gasteiger partial charge in [0.2, 0.25) is 0 Å². The minimum Gasteiger partial charge on any atom is -0.456 e. The Balaban J connectivity index is 3.12. The molecule has 0 atom stereocenters. The Morgan fingerprint density at radius 3 is 2.62 bits per heavy atom. The number of ether oxygens (including phenoxy) is 1. The first-order chi connectivity index (χ1) is 7.35. The van der Waals surface area contributed by atoms with E-state index in [2.05, 4.69) is 4.98 Å². The Labute approximate surface area is 93.6 Å². The van der Waals surface area contributed by atoms with Gasteiger partial charge in [-0.25, -0.2) is 9.78 Å². The van der Waals surface area contributed by atoms with Crippen molar-refractivity contribution in [2.24, 2.45) is 0 Å². The molecular weight excluding hydrogens is 208 g/mol. The van der Waals surface area contributed by atoms with Gasteiger partial charge in [0.1, 0.15) is 17.0 Å². The number of nitrogens with two attached hydrogens (primary N) is 1. The lowest BCUT2D eigenvalue weighted by molar-refractivity contribution is 0.00692. The third-order valence-corrected chi connectivity index (χ3v) is 1.74. The van der Waals surface area contributed by atoms with Crippen LogP contribution in [0.5, 0.6) is 0 Å². The third kappa shape index (κ3) is 2.79. The van der Waals surface area contributed by atoms with Crippen LogP contribution in [0.1, 0.15) is 41.5 Å². The van der Waals surface area contributed by atoms with E-state index < -0.39 is 11.6 Å². The number of nitrogens with zero attached hydrogens (tertiary/aromatic N) is 1. The summed E-state index contributed by atoms with van der Waals surface area (Å²) in [5.41, 5.74) is 5.11. The molecule has 0 aliphatic heterocycles. The van der Waals surface area contributed by atoms with Crippen LogP contribution in [0.2, 0.25) is 0 Å². The smallest absolute Gasteiger partial charge is 0.343 e. The molecule has 1 rings (SSSR count). The van der Waals surface area contributed by atoms with Gasteiger partial charge in [-0.3, -0.25) is 4.79 Å². The van der Waals surface area contributed by atoms with Crippen LogP contribution in [-0.2, 0) is 4.74 Å². The Morgan fingerprint density at radius 1 is 1.50 bits per heavy atom. The van der Waals surface area contributed by atoms with Gasteiger partial charge in [-0.2, -0.15) is 0 Å². The molecule has 5 heteroatoms. The van der Waals surface area contributed by atoms with Crippen molar-refractivity contribution >= 4 is 18.1 Å². The standard InChI is InChI=1S/C11H14N2O3/c1-11(2,3)16-10(15)8-7(6-14)4-5-13-9(8)12/h4-6H,1-3H3,(H2,12,13). The van der Waals surface area contributed by atoms with Crippen LogP contribution in [0.4, 0.5) is 5.82 Å². The fraction of sp³-hybridized carbons (Fsp3) is 0.364. The minimum atomic E-state index is -0.639. The minimum absolute atomic E-state index is 0.00106. The van der Waals surface area contributed by atoms with Crippen molar-refractivity contribution < 1.29 is 14.3 Å². The average molecular weight is 222 g/mol. The van der Waals surface area contributed by atoms with E-state index in [1.165, 1.54) is 12.3 Å². The Hall–Kier alpha value is -1.91. The number of hydrogen-bond acceptors (Lipinski definition) is 5. The Bertz CT molecular complexity index is 422. The highest BCUT2D eigenvalue weighted by atomic mass is 16.6. The second-order valence-corrected chi connectivity index (χ2v) is 4.28. The molecule has 0 unspecified atom stereocenters. The highest BCUT2D eigenvalue weighted by Crippen LogP contribution is 2.18. The molecule has 0 saturated carbocycles. The van der Waals surface area contributed by atoms with Crippen LogP contribution >= 0.6 is 0 Å². The van der Waals surface area contributed by atoms with Crippen LogP contribution in [0.15, 0.2) is 12.3 Å². The first kappa shape index (κ1) is 12.2. The van der Waals surface area contributed by atoms with Crippen molar-refractivity contribution in [1.29, 1.82) is 0 Å². The fourth-order valence-corrected chi connectivity index (χ4v) is 1.14. The van der Waals surface area contributed by atoms with Crippen LogP contribution in [-0.4, -0.2) is 22.8 Å². The van der Waals surface area contributed by atoms with Gasteiger partial charge in [0.25, 0.3) is 0 Å². The molecule has 0 bridgehead atoms. The van der Waals surface area contributed by atoms with Gasteiger partial charge in [0.15, 0.2) is 6.29 Å². The Kier molecular flexibility index (Phi) is 3.27. The van der Waals surface area contributed by atoms with E-state index in [4.69, 9.17) is 10.5 Å². The molecule has 0 spiro atoms. The second-order valence-electron chi connectivity index (χ2n) is 4.28. The molecule has 1 aromatic rings. The van der Waals surface area contributed by atoms with E-state index in [0.29, 0.717) is 6.29 Å². The number of aromatic nitrogens is 1. The number of pyridine rings is 1. The van der Waals surface area contributed by atoms with Crippen LogP contribution in [0, 0.1) is 0 Å². The first-order valence-electron chi connectivity index (χ1n) is 4.78. The monoisotopic (exact) mass is 222 g/mol. The first-order valence-corrected chi connectivity index (χ1v) is 4.78. The number of carbonyl (C=O) groups is 2. The molecule has 86 valence electrons. The van der Waals surface area contributed by atoms with Gasteiger partial charge in [0.05, 0.1) is 0 Å². The predicted octanol–water partition coefficient (Wildman–Crippen LogP) is 1.43. The summed E-state index contributed by atoms with van der Waals surface area (Å²) in [5, 5.41) is 0. The molecular formula is C11H14N2O3. The summed E-state index contributed by atoms with van der Waals surface area (Å²) < 4.78 is 5.13. The summed E-state index contributed by atoms with van der Waals surface area (Å²) in [6.45, 7) is 5.20. The maximum absolute atomic E-state index is 11.8. The van der Waals surface area contributed by atoms with Crippen LogP contribution in [0.3, 0.4) is 0 Å². The maximum atomic E-state index is 11.8. The van der Waals surface area contributed by atoms with Crippen LogP contribution in [0.25, 0.3) is 0 Å². The molecule has 0 aliphatic carbocycles. The van der Waals surface area contributed by atoms with Gasteiger partial charge in [-0.15, -0.1) is 0 Å². The Morgan fingerprint density at radius 2 is 2.12 bits per heavy atom. The number of carbonyl (C=O) groups excluding carboxylic acids is 2. The molecule has 0 aliphatic rings. The van der Waals surface area contributed by atoms with Gasteiger partial charge in [0, 0.05) is 11.8 Å². The molecule has 0 radical (unpaired) electrons. The van der Waals surface area contributed by atoms with Crippen molar-refractivity contribution in [2.75, 3.05) is 5.73 Å². The number of nitrogen functional groups attached to an aromatic ring is 1. The van der Waals surface area contributed by atoms with E-state index >= 15 is 0 Å². The molecule has 2 N–H and O–H groups in total. The molecule has 5 nitrogen and oxygen atoms in total. The van der Waals surface area contributed by atoms with Crippen molar-refractivity contribution in [3.8, 4) is 0 Å². The highest BCUT2D eigenvalue weighted by Gasteiger charge is 2.22. The molecule has 0 amide bonds. The number of aldehydes is 1. The molecule has 1 aromatic heterocycles. The summed E-state index contributed by atoms with van der Waals surface area (Å²) in [6, 6.07) is 1.42. The predicted molar refractivity (Wildman–Crippen MR) is 59.2 cm³/mol. The highest BCUT2D eigenvalue weighted by molar-refractivity contribution is 6.02. The normalized spacial score (nSPS) is 10.9. The van der Waals surface area contributed by atoms with E-state index in [0.717, 1.165) is 0 Å². The quantitative estimate of drug-likeness (QED) is 0.604. The lowest BCUT2D eigenvalue weighted by Crippen LogP contribution is -2.25. The van der Waals surface area contributed by atoms with Gasteiger partial charge < -0.3 is 10.5 Å². The molecule has 16 heavy (non-hydrogen) atoms. The van der Waals surface area contributed by atoms with Gasteiger partial charge in [-0.05, 0) is 26.8 Å². The van der Waals surface area contributed by atoms with E-state index in [1.54, 1.807) is 20.8 Å². The van der Waals surface area contributed by atoms with Gasteiger partial charge >= 0.3 is 5.97 Å². The topological polar surface area (TPSA) is 82.3 Å². The summed E-state index contributed by atoms with van der Waals surface area (Å²) in [4.78, 5) is 26.3. The number of rotatable bonds is 2. The van der Waals surface area contributed by atoms with E-state index in [-0.39, 0.29) is 16.9 Å². The number of hydrogen-bond donors (Lipinski definition) is 1. The summed E-state index contributed by atoms with van der Waals surface area (Å²) >= 11 is 0. The van der Waals surface area contributed by atoms with Gasteiger partial charge in [-0.1, -0.05) is 0 Å². The lowest BCUT2D eigenvalue weighted by Gasteiger charge is -2.20. The summed E-state index contributed by atoms with van der Waals surface area (Å²) in [7, 11) is 0. The largest absolute Gasteiger partial charge is 0.456 e. The second kappa shape index (κ2) is 4.30. The number of anilines is 1. The molecule has 0 fully saturated rings. The fourth-order valence-electron chi connectivity index (χ4n) is 1.14.